The highest BCUT2D eigenvalue weighted by atomic mass is 35.5. The Balaban J connectivity index is 1.83. The number of carbonyl (C=O) groups is 2. The van der Waals surface area contributed by atoms with Crippen LogP contribution in [0.15, 0.2) is 48.5 Å². The Morgan fingerprint density at radius 1 is 1.09 bits per heavy atom. The van der Waals surface area contributed by atoms with Gasteiger partial charge in [-0.05, 0) is 41.8 Å². The smallest absolute Gasteiger partial charge is 0.268 e. The second kappa shape index (κ2) is 6.40. The highest BCUT2D eigenvalue weighted by Gasteiger charge is 2.16. The summed E-state index contributed by atoms with van der Waals surface area (Å²) >= 11 is 7.28. The molecule has 0 spiro atoms. The quantitative estimate of drug-likeness (QED) is 0.726. The van der Waals surface area contributed by atoms with Gasteiger partial charge in [0.05, 0.1) is 22.6 Å². The summed E-state index contributed by atoms with van der Waals surface area (Å²) in [6.07, 6.45) is 0. The molecule has 116 valence electrons. The summed E-state index contributed by atoms with van der Waals surface area (Å²) in [4.78, 5) is 24.9. The third-order valence-electron chi connectivity index (χ3n) is 3.29. The third kappa shape index (κ3) is 3.21. The predicted molar refractivity (Wildman–Crippen MR) is 91.6 cm³/mol. The molecule has 1 aromatic heterocycles. The summed E-state index contributed by atoms with van der Waals surface area (Å²) in [6, 6.07) is 13.9. The Morgan fingerprint density at radius 3 is 2.61 bits per heavy atom. The number of fused-ring (bicyclic) bond motifs is 1. The van der Waals surface area contributed by atoms with Crippen molar-refractivity contribution in [1.82, 2.24) is 5.32 Å². The van der Waals surface area contributed by atoms with Crippen LogP contribution < -0.4 is 10.1 Å². The SMILES string of the molecule is COc1ccc2sc(C(=O)NC(=O)c3ccccc3Cl)cc2c1. The normalized spacial score (nSPS) is 10.5. The summed E-state index contributed by atoms with van der Waals surface area (Å²) in [5.41, 5.74) is 0.269. The van der Waals surface area contributed by atoms with Gasteiger partial charge in [0.1, 0.15) is 5.75 Å². The minimum Gasteiger partial charge on any atom is -0.497 e. The van der Waals surface area contributed by atoms with Crippen LogP contribution in [0.5, 0.6) is 5.75 Å². The van der Waals surface area contributed by atoms with E-state index >= 15 is 0 Å². The van der Waals surface area contributed by atoms with Crippen molar-refractivity contribution in [1.29, 1.82) is 0 Å². The molecule has 0 aliphatic rings. The molecule has 0 saturated carbocycles. The van der Waals surface area contributed by atoms with Gasteiger partial charge >= 0.3 is 0 Å². The molecule has 2 aromatic carbocycles. The van der Waals surface area contributed by atoms with Crippen LogP contribution in [-0.2, 0) is 0 Å². The molecule has 0 fully saturated rings. The van der Waals surface area contributed by atoms with Gasteiger partial charge in [-0.15, -0.1) is 11.3 Å². The Morgan fingerprint density at radius 2 is 1.87 bits per heavy atom. The Kier molecular flexibility index (Phi) is 4.32. The maximum absolute atomic E-state index is 12.3. The number of rotatable bonds is 3. The summed E-state index contributed by atoms with van der Waals surface area (Å²) < 4.78 is 6.11. The van der Waals surface area contributed by atoms with Gasteiger partial charge in [0.15, 0.2) is 0 Å². The first-order valence-corrected chi connectivity index (χ1v) is 7.96. The fourth-order valence-electron chi connectivity index (χ4n) is 2.14. The molecule has 4 nitrogen and oxygen atoms in total. The van der Waals surface area contributed by atoms with Crippen molar-refractivity contribution in [3.63, 3.8) is 0 Å². The summed E-state index contributed by atoms with van der Waals surface area (Å²) in [5, 5.41) is 3.56. The largest absolute Gasteiger partial charge is 0.497 e. The fraction of sp³-hybridized carbons (Fsp3) is 0.0588. The first-order valence-electron chi connectivity index (χ1n) is 6.76. The number of nitrogens with one attached hydrogen (secondary N) is 1. The highest BCUT2D eigenvalue weighted by molar-refractivity contribution is 7.20. The lowest BCUT2D eigenvalue weighted by molar-refractivity contribution is 0.0852. The van der Waals surface area contributed by atoms with Gasteiger partial charge in [0, 0.05) is 4.70 Å². The number of benzene rings is 2. The highest BCUT2D eigenvalue weighted by Crippen LogP contribution is 2.29. The molecule has 23 heavy (non-hydrogen) atoms. The zero-order valence-corrected chi connectivity index (χ0v) is 13.7. The van der Waals surface area contributed by atoms with Gasteiger partial charge in [0.2, 0.25) is 0 Å². The van der Waals surface area contributed by atoms with E-state index in [1.54, 1.807) is 37.4 Å². The van der Waals surface area contributed by atoms with E-state index in [1.807, 2.05) is 18.2 Å². The van der Waals surface area contributed by atoms with E-state index in [9.17, 15) is 9.59 Å². The van der Waals surface area contributed by atoms with Gasteiger partial charge in [0.25, 0.3) is 11.8 Å². The number of imide groups is 1. The summed E-state index contributed by atoms with van der Waals surface area (Å²) in [7, 11) is 1.59. The van der Waals surface area contributed by atoms with Crippen LogP contribution in [0.4, 0.5) is 0 Å². The zero-order chi connectivity index (χ0) is 16.4. The second-order valence-corrected chi connectivity index (χ2v) is 6.27. The number of halogens is 1. The predicted octanol–water partition coefficient (Wildman–Crippen LogP) is 4.13. The molecule has 0 unspecified atom stereocenters. The van der Waals surface area contributed by atoms with Crippen LogP contribution >= 0.6 is 22.9 Å². The van der Waals surface area contributed by atoms with E-state index in [2.05, 4.69) is 5.32 Å². The molecule has 6 heteroatoms. The van der Waals surface area contributed by atoms with E-state index in [0.717, 1.165) is 15.8 Å². The van der Waals surface area contributed by atoms with E-state index in [1.165, 1.54) is 11.3 Å². The van der Waals surface area contributed by atoms with Crippen molar-refractivity contribution >= 4 is 44.8 Å². The molecule has 0 aliphatic carbocycles. The van der Waals surface area contributed by atoms with Gasteiger partial charge in [-0.25, -0.2) is 0 Å². The lowest BCUT2D eigenvalue weighted by Crippen LogP contribution is -2.30. The fourth-order valence-corrected chi connectivity index (χ4v) is 3.30. The van der Waals surface area contributed by atoms with Crippen LogP contribution in [0.3, 0.4) is 0 Å². The van der Waals surface area contributed by atoms with E-state index in [-0.39, 0.29) is 5.56 Å². The first kappa shape index (κ1) is 15.5. The van der Waals surface area contributed by atoms with E-state index in [0.29, 0.717) is 9.90 Å². The summed E-state index contributed by atoms with van der Waals surface area (Å²) in [6.45, 7) is 0. The Hall–Kier alpha value is -2.37. The molecule has 0 aliphatic heterocycles. The van der Waals surface area contributed by atoms with Gasteiger partial charge in [-0.2, -0.15) is 0 Å². The average Bonchev–Trinajstić information content (AvgIpc) is 2.98. The monoisotopic (exact) mass is 345 g/mol. The molecule has 0 saturated heterocycles. The molecular weight excluding hydrogens is 334 g/mol. The first-order chi connectivity index (χ1) is 11.1. The number of carbonyl (C=O) groups excluding carboxylic acids is 2. The minimum absolute atomic E-state index is 0.269. The molecule has 0 atom stereocenters. The molecule has 1 heterocycles. The molecule has 0 radical (unpaired) electrons. The zero-order valence-electron chi connectivity index (χ0n) is 12.1. The minimum atomic E-state index is -0.518. The topological polar surface area (TPSA) is 55.4 Å². The number of ether oxygens (including phenoxy) is 1. The number of hydrogen-bond donors (Lipinski definition) is 1. The molecule has 3 aromatic rings. The standard InChI is InChI=1S/C17H12ClNO3S/c1-22-11-6-7-14-10(8-11)9-15(23-14)17(21)19-16(20)12-4-2-3-5-13(12)18/h2-9H,1H3,(H,19,20,21). The van der Waals surface area contributed by atoms with Crippen molar-refractivity contribution in [3.05, 3.63) is 64.0 Å². The van der Waals surface area contributed by atoms with Crippen LogP contribution in [0.25, 0.3) is 10.1 Å². The molecular formula is C17H12ClNO3S. The van der Waals surface area contributed by atoms with E-state index < -0.39 is 11.8 Å². The number of thiophene rings is 1. The summed E-state index contributed by atoms with van der Waals surface area (Å²) in [5.74, 6) is -0.250. The number of methoxy groups -OCH3 is 1. The van der Waals surface area contributed by atoms with Gasteiger partial charge in [-0.3, -0.25) is 14.9 Å². The van der Waals surface area contributed by atoms with Crippen LogP contribution in [0.1, 0.15) is 20.0 Å². The molecule has 2 amide bonds. The van der Waals surface area contributed by atoms with Crippen molar-refractivity contribution in [2.45, 2.75) is 0 Å². The van der Waals surface area contributed by atoms with Crippen LogP contribution in [-0.4, -0.2) is 18.9 Å². The maximum atomic E-state index is 12.3. The van der Waals surface area contributed by atoms with Crippen molar-refractivity contribution in [2.24, 2.45) is 0 Å². The van der Waals surface area contributed by atoms with Gasteiger partial charge < -0.3 is 4.74 Å². The van der Waals surface area contributed by atoms with Crippen molar-refractivity contribution in [2.75, 3.05) is 7.11 Å². The Bertz CT molecular complexity index is 904. The van der Waals surface area contributed by atoms with Crippen molar-refractivity contribution < 1.29 is 14.3 Å². The number of hydrogen-bond acceptors (Lipinski definition) is 4. The average molecular weight is 346 g/mol. The third-order valence-corrected chi connectivity index (χ3v) is 4.74. The van der Waals surface area contributed by atoms with Crippen LogP contribution in [0.2, 0.25) is 5.02 Å². The van der Waals surface area contributed by atoms with Crippen LogP contribution in [0, 0.1) is 0 Å². The van der Waals surface area contributed by atoms with Gasteiger partial charge in [-0.1, -0.05) is 23.7 Å². The van der Waals surface area contributed by atoms with Crippen molar-refractivity contribution in [3.8, 4) is 5.75 Å². The number of amides is 2. The Labute approximate surface area is 141 Å². The lowest BCUT2D eigenvalue weighted by atomic mass is 10.2. The molecule has 1 N–H and O–H groups in total. The van der Waals surface area contributed by atoms with E-state index in [4.69, 9.17) is 16.3 Å². The molecule has 3 rings (SSSR count). The maximum Gasteiger partial charge on any atom is 0.268 e. The second-order valence-electron chi connectivity index (χ2n) is 4.78. The lowest BCUT2D eigenvalue weighted by Gasteiger charge is -2.04. The molecule has 0 bridgehead atoms.